The van der Waals surface area contributed by atoms with Crippen LogP contribution in [0, 0.1) is 0 Å². The van der Waals surface area contributed by atoms with Gasteiger partial charge < -0.3 is 0 Å². The summed E-state index contributed by atoms with van der Waals surface area (Å²) in [5.74, 6) is 0. The lowest BCUT2D eigenvalue weighted by atomic mass is 10.2. The third kappa shape index (κ3) is 5.29. The predicted molar refractivity (Wildman–Crippen MR) is 43.9 cm³/mol. The van der Waals surface area contributed by atoms with Gasteiger partial charge in [-0.1, -0.05) is 17.7 Å². The van der Waals surface area contributed by atoms with Crippen LogP contribution >= 0.6 is 0 Å². The van der Waals surface area contributed by atoms with Crippen LogP contribution in [0.15, 0.2) is 23.3 Å². The molecule has 1 nitrogen and oxygen atoms in total. The minimum absolute atomic E-state index is 0.803. The zero-order chi connectivity index (χ0) is 7.98. The lowest BCUT2D eigenvalue weighted by Gasteiger charge is -1.87. The van der Waals surface area contributed by atoms with Gasteiger partial charge in [0.25, 0.3) is 0 Å². The van der Waals surface area contributed by atoms with Crippen LogP contribution in [0.3, 0.4) is 0 Å². The number of carbonyl (C=O) groups excluding carboxylic acids is 1. The van der Waals surface area contributed by atoms with Gasteiger partial charge in [-0.05, 0) is 32.8 Å². The Morgan fingerprint density at radius 3 is 2.20 bits per heavy atom. The Kier molecular flexibility index (Phi) is 4.55. The van der Waals surface area contributed by atoms with Crippen molar-refractivity contribution in [2.24, 2.45) is 0 Å². The van der Waals surface area contributed by atoms with Gasteiger partial charge in [-0.2, -0.15) is 0 Å². The van der Waals surface area contributed by atoms with Crippen LogP contribution < -0.4 is 0 Å². The highest BCUT2D eigenvalue weighted by atomic mass is 16.1. The molecule has 0 atom stereocenters. The fraction of sp³-hybridized carbons (Fsp3) is 0.444. The average Bonchev–Trinajstić information content (AvgIpc) is 1.87. The van der Waals surface area contributed by atoms with Crippen molar-refractivity contribution in [1.29, 1.82) is 0 Å². The van der Waals surface area contributed by atoms with Crippen molar-refractivity contribution in [2.45, 2.75) is 27.2 Å². The van der Waals surface area contributed by atoms with Gasteiger partial charge in [0.05, 0.1) is 0 Å². The summed E-state index contributed by atoms with van der Waals surface area (Å²) in [7, 11) is 0. The van der Waals surface area contributed by atoms with Gasteiger partial charge in [0.1, 0.15) is 6.29 Å². The first-order valence-electron chi connectivity index (χ1n) is 3.42. The van der Waals surface area contributed by atoms with E-state index in [0.29, 0.717) is 0 Å². The summed E-state index contributed by atoms with van der Waals surface area (Å²) >= 11 is 0. The van der Waals surface area contributed by atoms with Crippen molar-refractivity contribution >= 4 is 6.29 Å². The van der Waals surface area contributed by atoms with E-state index in [1.165, 1.54) is 5.57 Å². The molecule has 0 amide bonds. The Morgan fingerprint density at radius 1 is 1.20 bits per heavy atom. The molecule has 0 aliphatic heterocycles. The van der Waals surface area contributed by atoms with Crippen LogP contribution in [-0.2, 0) is 4.79 Å². The van der Waals surface area contributed by atoms with Gasteiger partial charge in [-0.25, -0.2) is 0 Å². The minimum Gasteiger partial charge on any atom is -0.298 e. The van der Waals surface area contributed by atoms with E-state index in [1.807, 2.05) is 26.8 Å². The molecule has 0 heterocycles. The molecule has 0 unspecified atom stereocenters. The highest BCUT2D eigenvalue weighted by molar-refractivity contribution is 5.71. The topological polar surface area (TPSA) is 17.1 Å². The third-order valence-electron chi connectivity index (χ3n) is 1.15. The summed E-state index contributed by atoms with van der Waals surface area (Å²) < 4.78 is 0. The Balaban J connectivity index is 3.74. The van der Waals surface area contributed by atoms with Crippen LogP contribution in [0.25, 0.3) is 0 Å². The molecule has 0 spiro atoms. The molecular weight excluding hydrogens is 124 g/mol. The van der Waals surface area contributed by atoms with Crippen LogP contribution in [-0.4, -0.2) is 6.29 Å². The predicted octanol–water partition coefficient (Wildman–Crippen LogP) is 2.49. The maximum atomic E-state index is 10.1. The zero-order valence-electron chi connectivity index (χ0n) is 6.85. The number of carbonyl (C=O) groups is 1. The van der Waals surface area contributed by atoms with E-state index in [0.717, 1.165) is 18.3 Å². The monoisotopic (exact) mass is 138 g/mol. The van der Waals surface area contributed by atoms with E-state index in [9.17, 15) is 4.79 Å². The molecule has 0 saturated heterocycles. The van der Waals surface area contributed by atoms with Crippen molar-refractivity contribution in [3.8, 4) is 0 Å². The molecule has 0 aliphatic carbocycles. The van der Waals surface area contributed by atoms with Crippen molar-refractivity contribution in [1.82, 2.24) is 0 Å². The summed E-state index contributed by atoms with van der Waals surface area (Å²) in [4.78, 5) is 10.1. The van der Waals surface area contributed by atoms with E-state index in [-0.39, 0.29) is 0 Å². The van der Waals surface area contributed by atoms with E-state index in [1.54, 1.807) is 0 Å². The second kappa shape index (κ2) is 4.98. The Hall–Kier alpha value is -0.850. The van der Waals surface area contributed by atoms with Gasteiger partial charge in [0.2, 0.25) is 0 Å². The second-order valence-corrected chi connectivity index (χ2v) is 2.58. The van der Waals surface area contributed by atoms with E-state index < -0.39 is 0 Å². The molecule has 0 radical (unpaired) electrons. The van der Waals surface area contributed by atoms with E-state index in [2.05, 4.69) is 6.08 Å². The van der Waals surface area contributed by atoms with Gasteiger partial charge in [-0.3, -0.25) is 4.79 Å². The molecule has 10 heavy (non-hydrogen) atoms. The molecule has 56 valence electrons. The zero-order valence-corrected chi connectivity index (χ0v) is 6.85. The first-order valence-corrected chi connectivity index (χ1v) is 3.42. The smallest absolute Gasteiger partial charge is 0.145 e. The molecule has 0 bridgehead atoms. The largest absolute Gasteiger partial charge is 0.298 e. The number of hydrogen-bond donors (Lipinski definition) is 0. The summed E-state index contributed by atoms with van der Waals surface area (Å²) in [6, 6.07) is 0. The molecule has 1 heteroatoms. The first kappa shape index (κ1) is 9.15. The van der Waals surface area contributed by atoms with Crippen LogP contribution in [0.4, 0.5) is 0 Å². The van der Waals surface area contributed by atoms with E-state index >= 15 is 0 Å². The van der Waals surface area contributed by atoms with Crippen molar-refractivity contribution in [3.05, 3.63) is 23.3 Å². The molecule has 0 rings (SSSR count). The Morgan fingerprint density at radius 2 is 1.80 bits per heavy atom. The fourth-order valence-corrected chi connectivity index (χ4v) is 0.529. The molecule has 0 aromatic rings. The number of rotatable bonds is 3. The number of hydrogen-bond acceptors (Lipinski definition) is 1. The maximum Gasteiger partial charge on any atom is 0.145 e. The van der Waals surface area contributed by atoms with Gasteiger partial charge in [0.15, 0.2) is 0 Å². The summed E-state index contributed by atoms with van der Waals surface area (Å²) in [5.41, 5.74) is 2.09. The van der Waals surface area contributed by atoms with Crippen molar-refractivity contribution < 1.29 is 4.79 Å². The van der Waals surface area contributed by atoms with Crippen LogP contribution in [0.5, 0.6) is 0 Å². The summed E-state index contributed by atoms with van der Waals surface area (Å²) in [6.07, 6.45) is 5.75. The molecule has 0 aromatic carbocycles. The fourth-order valence-electron chi connectivity index (χ4n) is 0.529. The molecule has 0 N–H and O–H groups in total. The van der Waals surface area contributed by atoms with E-state index in [4.69, 9.17) is 0 Å². The summed E-state index contributed by atoms with van der Waals surface area (Å²) in [6.45, 7) is 5.90. The Bertz CT molecular complexity index is 160. The second-order valence-electron chi connectivity index (χ2n) is 2.58. The first-order chi connectivity index (χ1) is 4.66. The number of allylic oxidation sites excluding steroid dienone is 4. The number of aldehydes is 1. The molecule has 0 fully saturated rings. The van der Waals surface area contributed by atoms with Gasteiger partial charge >= 0.3 is 0 Å². The van der Waals surface area contributed by atoms with Crippen molar-refractivity contribution in [3.63, 3.8) is 0 Å². The molecule has 0 saturated carbocycles. The molecular formula is C9H14O. The lowest BCUT2D eigenvalue weighted by Crippen LogP contribution is -1.74. The highest BCUT2D eigenvalue weighted by Gasteiger charge is 1.80. The Labute approximate surface area is 62.4 Å². The third-order valence-corrected chi connectivity index (χ3v) is 1.15. The van der Waals surface area contributed by atoms with Gasteiger partial charge in [0, 0.05) is 0 Å². The minimum atomic E-state index is 0.803. The molecule has 0 aromatic heterocycles. The van der Waals surface area contributed by atoms with Crippen molar-refractivity contribution in [2.75, 3.05) is 0 Å². The van der Waals surface area contributed by atoms with Gasteiger partial charge in [-0.15, -0.1) is 0 Å². The highest BCUT2D eigenvalue weighted by Crippen LogP contribution is 1.96. The SMILES string of the molecule is CC(C)=CCC=C(C)C=O. The standard InChI is InChI=1S/C9H14O/c1-8(2)5-4-6-9(3)7-10/h5-7H,4H2,1-3H3. The van der Waals surface area contributed by atoms with Crippen LogP contribution in [0.2, 0.25) is 0 Å². The quantitative estimate of drug-likeness (QED) is 0.332. The summed E-state index contributed by atoms with van der Waals surface area (Å²) in [5, 5.41) is 0. The molecule has 0 aliphatic rings. The van der Waals surface area contributed by atoms with Crippen LogP contribution in [0.1, 0.15) is 27.2 Å². The maximum absolute atomic E-state index is 10.1. The average molecular weight is 138 g/mol. The lowest BCUT2D eigenvalue weighted by molar-refractivity contribution is -0.104. The normalized spacial score (nSPS) is 10.9.